The summed E-state index contributed by atoms with van der Waals surface area (Å²) in [6, 6.07) is 0. The van der Waals surface area contributed by atoms with Crippen LogP contribution in [0.15, 0.2) is 6.20 Å². The van der Waals surface area contributed by atoms with Gasteiger partial charge in [0.25, 0.3) is 0 Å². The van der Waals surface area contributed by atoms with Crippen molar-refractivity contribution in [3.8, 4) is 0 Å². The van der Waals surface area contributed by atoms with Crippen LogP contribution in [0.1, 0.15) is 30.9 Å². The van der Waals surface area contributed by atoms with Crippen molar-refractivity contribution in [1.82, 2.24) is 9.97 Å². The summed E-state index contributed by atoms with van der Waals surface area (Å²) in [6.45, 7) is 4.32. The lowest BCUT2D eigenvalue weighted by Crippen LogP contribution is -2.32. The lowest BCUT2D eigenvalue weighted by molar-refractivity contribution is -0.142. The van der Waals surface area contributed by atoms with Gasteiger partial charge in [-0.05, 0) is 25.8 Å². The van der Waals surface area contributed by atoms with E-state index in [2.05, 4.69) is 9.97 Å². The Balaban J connectivity index is 2.40. The monoisotopic (exact) mass is 222 g/mol. The average molecular weight is 222 g/mol. The summed E-state index contributed by atoms with van der Waals surface area (Å²) in [5.41, 5.74) is 0.800. The van der Waals surface area contributed by atoms with Crippen LogP contribution in [-0.4, -0.2) is 27.7 Å². The molecule has 0 aromatic carbocycles. The van der Waals surface area contributed by atoms with E-state index in [0.717, 1.165) is 17.7 Å². The van der Waals surface area contributed by atoms with Gasteiger partial charge in [0.15, 0.2) is 0 Å². The summed E-state index contributed by atoms with van der Waals surface area (Å²) in [5.74, 6) is -0.589. The summed E-state index contributed by atoms with van der Waals surface area (Å²) in [6.07, 6.45) is 2.51. The fourth-order valence-electron chi connectivity index (χ4n) is 1.52. The van der Waals surface area contributed by atoms with Crippen LogP contribution in [0, 0.1) is 0 Å². The van der Waals surface area contributed by atoms with Gasteiger partial charge in [0.2, 0.25) is 0 Å². The van der Waals surface area contributed by atoms with Crippen molar-refractivity contribution in [2.75, 3.05) is 6.61 Å². The summed E-state index contributed by atoms with van der Waals surface area (Å²) < 4.78 is 5.29. The summed E-state index contributed by atoms with van der Waals surface area (Å²) in [4.78, 5) is 19.5. The van der Waals surface area contributed by atoms with Crippen molar-refractivity contribution in [3.63, 3.8) is 0 Å². The number of nitrogens with zero attached hydrogens (tertiary/aromatic N) is 2. The molecule has 5 nitrogen and oxygen atoms in total. The van der Waals surface area contributed by atoms with Gasteiger partial charge in [0.05, 0.1) is 18.9 Å². The van der Waals surface area contributed by atoms with E-state index in [-0.39, 0.29) is 0 Å². The highest BCUT2D eigenvalue weighted by Gasteiger charge is 2.33. The summed E-state index contributed by atoms with van der Waals surface area (Å²) in [5, 5.41) is 9.09. The quantitative estimate of drug-likeness (QED) is 0.805. The fraction of sp³-hybridized carbons (Fsp3) is 0.545. The molecule has 1 aromatic heterocycles. The van der Waals surface area contributed by atoms with E-state index in [9.17, 15) is 4.79 Å². The van der Waals surface area contributed by atoms with E-state index in [1.165, 1.54) is 0 Å². The zero-order valence-electron chi connectivity index (χ0n) is 9.36. The minimum atomic E-state index is -1.06. The Labute approximate surface area is 93.5 Å². The van der Waals surface area contributed by atoms with Crippen LogP contribution in [-0.2, 0) is 28.0 Å². The van der Waals surface area contributed by atoms with Gasteiger partial charge in [0.1, 0.15) is 11.2 Å². The molecule has 5 heteroatoms. The Bertz CT molecular complexity index is 429. The SMILES string of the molecule is CC(C)(C(=O)O)c1ncc2c(n1)COCC2. The summed E-state index contributed by atoms with van der Waals surface area (Å²) in [7, 11) is 0. The molecular weight excluding hydrogens is 208 g/mol. The molecule has 0 amide bonds. The zero-order chi connectivity index (χ0) is 11.8. The second kappa shape index (κ2) is 3.83. The highest BCUT2D eigenvalue weighted by atomic mass is 16.5. The van der Waals surface area contributed by atoms with Crippen molar-refractivity contribution in [1.29, 1.82) is 0 Å². The van der Waals surface area contributed by atoms with E-state index in [1.807, 2.05) is 0 Å². The molecule has 0 unspecified atom stereocenters. The molecule has 0 radical (unpaired) electrons. The van der Waals surface area contributed by atoms with E-state index >= 15 is 0 Å². The Hall–Kier alpha value is -1.49. The van der Waals surface area contributed by atoms with Gasteiger partial charge in [-0.3, -0.25) is 4.79 Å². The van der Waals surface area contributed by atoms with Gasteiger partial charge < -0.3 is 9.84 Å². The minimum Gasteiger partial charge on any atom is -0.481 e. The highest BCUT2D eigenvalue weighted by Crippen LogP contribution is 2.22. The predicted octanol–water partition coefficient (Wildman–Crippen LogP) is 0.912. The van der Waals surface area contributed by atoms with Crippen LogP contribution >= 0.6 is 0 Å². The molecule has 2 heterocycles. The maximum Gasteiger partial charge on any atom is 0.316 e. The topological polar surface area (TPSA) is 72.3 Å². The molecule has 0 saturated heterocycles. The van der Waals surface area contributed by atoms with Crippen LogP contribution in [0.4, 0.5) is 0 Å². The lowest BCUT2D eigenvalue weighted by Gasteiger charge is -2.21. The molecule has 0 atom stereocenters. The standard InChI is InChI=1S/C11H14N2O3/c1-11(2,10(14)15)9-12-5-7-3-4-16-6-8(7)13-9/h5H,3-4,6H2,1-2H3,(H,14,15). The molecule has 2 rings (SSSR count). The number of carbonyl (C=O) groups is 1. The van der Waals surface area contributed by atoms with Gasteiger partial charge >= 0.3 is 5.97 Å². The molecule has 1 aliphatic heterocycles. The second-order valence-electron chi connectivity index (χ2n) is 4.40. The van der Waals surface area contributed by atoms with Gasteiger partial charge in [0, 0.05) is 6.20 Å². The molecule has 86 valence electrons. The van der Waals surface area contributed by atoms with E-state index in [0.29, 0.717) is 19.0 Å². The van der Waals surface area contributed by atoms with Gasteiger partial charge in [-0.2, -0.15) is 0 Å². The van der Waals surface area contributed by atoms with Crippen molar-refractivity contribution < 1.29 is 14.6 Å². The Morgan fingerprint density at radius 2 is 2.31 bits per heavy atom. The first-order chi connectivity index (χ1) is 7.51. The molecule has 0 spiro atoms. The number of carboxylic acids is 1. The van der Waals surface area contributed by atoms with Gasteiger partial charge in [-0.1, -0.05) is 0 Å². The van der Waals surface area contributed by atoms with Crippen molar-refractivity contribution in [3.05, 3.63) is 23.3 Å². The van der Waals surface area contributed by atoms with Crippen LogP contribution < -0.4 is 0 Å². The van der Waals surface area contributed by atoms with Crippen LogP contribution in [0.2, 0.25) is 0 Å². The van der Waals surface area contributed by atoms with E-state index in [4.69, 9.17) is 9.84 Å². The second-order valence-corrected chi connectivity index (χ2v) is 4.40. The molecule has 0 aliphatic carbocycles. The Kier molecular flexibility index (Phi) is 2.63. The van der Waals surface area contributed by atoms with Crippen molar-refractivity contribution in [2.24, 2.45) is 0 Å². The molecule has 0 fully saturated rings. The zero-order valence-corrected chi connectivity index (χ0v) is 9.36. The van der Waals surface area contributed by atoms with Crippen molar-refractivity contribution in [2.45, 2.75) is 32.3 Å². The predicted molar refractivity (Wildman–Crippen MR) is 56.1 cm³/mol. The van der Waals surface area contributed by atoms with Gasteiger partial charge in [-0.15, -0.1) is 0 Å². The first-order valence-corrected chi connectivity index (χ1v) is 5.18. The lowest BCUT2D eigenvalue weighted by atomic mass is 9.92. The molecule has 0 saturated carbocycles. The van der Waals surface area contributed by atoms with Gasteiger partial charge in [-0.25, -0.2) is 9.97 Å². The molecule has 1 aromatic rings. The number of carboxylic acid groups (broad SMARTS) is 1. The molecule has 1 aliphatic rings. The fourth-order valence-corrected chi connectivity index (χ4v) is 1.52. The van der Waals surface area contributed by atoms with Crippen LogP contribution in [0.25, 0.3) is 0 Å². The number of hydrogen-bond acceptors (Lipinski definition) is 4. The maximum atomic E-state index is 11.1. The number of aliphatic carboxylic acids is 1. The third-order valence-corrected chi connectivity index (χ3v) is 2.80. The highest BCUT2D eigenvalue weighted by molar-refractivity contribution is 5.78. The third-order valence-electron chi connectivity index (χ3n) is 2.80. The maximum absolute atomic E-state index is 11.1. The van der Waals surface area contributed by atoms with Crippen molar-refractivity contribution >= 4 is 5.97 Å². The first kappa shape index (κ1) is 11.0. The van der Waals surface area contributed by atoms with Crippen LogP contribution in [0.3, 0.4) is 0 Å². The molecule has 16 heavy (non-hydrogen) atoms. The largest absolute Gasteiger partial charge is 0.481 e. The molecular formula is C11H14N2O3. The van der Waals surface area contributed by atoms with E-state index < -0.39 is 11.4 Å². The Morgan fingerprint density at radius 1 is 1.56 bits per heavy atom. The molecule has 1 N–H and O–H groups in total. The minimum absolute atomic E-state index is 0.337. The number of aromatic nitrogens is 2. The number of fused-ring (bicyclic) bond motifs is 1. The first-order valence-electron chi connectivity index (χ1n) is 5.18. The third kappa shape index (κ3) is 1.78. The number of rotatable bonds is 2. The number of ether oxygens (including phenoxy) is 1. The smallest absolute Gasteiger partial charge is 0.316 e. The Morgan fingerprint density at radius 3 is 3.00 bits per heavy atom. The average Bonchev–Trinajstić information content (AvgIpc) is 2.28. The molecule has 0 bridgehead atoms. The normalized spacial score (nSPS) is 15.6. The number of hydrogen-bond donors (Lipinski definition) is 1. The summed E-state index contributed by atoms with van der Waals surface area (Å²) >= 11 is 0. The van der Waals surface area contributed by atoms with E-state index in [1.54, 1.807) is 20.0 Å². The van der Waals surface area contributed by atoms with Crippen LogP contribution in [0.5, 0.6) is 0 Å².